The summed E-state index contributed by atoms with van der Waals surface area (Å²) in [4.78, 5) is 1.34. The molecular weight excluding hydrogens is 264 g/mol. The molecular formula is C15H15F2NS. The average molecular weight is 279 g/mol. The summed E-state index contributed by atoms with van der Waals surface area (Å²) in [6, 6.07) is 5.82. The molecule has 4 heteroatoms. The molecule has 0 radical (unpaired) electrons. The maximum Gasteiger partial charge on any atom is 0.163 e. The van der Waals surface area contributed by atoms with Crippen LogP contribution < -0.4 is 5.73 Å². The molecule has 1 aromatic carbocycles. The van der Waals surface area contributed by atoms with Gasteiger partial charge in [0, 0.05) is 22.4 Å². The largest absolute Gasteiger partial charge is 0.323 e. The van der Waals surface area contributed by atoms with Crippen molar-refractivity contribution in [2.75, 3.05) is 0 Å². The van der Waals surface area contributed by atoms with Crippen molar-refractivity contribution >= 4 is 11.3 Å². The number of aryl methyl sites for hydroxylation is 1. The molecule has 2 atom stereocenters. The highest BCUT2D eigenvalue weighted by atomic mass is 32.1. The van der Waals surface area contributed by atoms with Gasteiger partial charge in [0.2, 0.25) is 0 Å². The van der Waals surface area contributed by atoms with Gasteiger partial charge >= 0.3 is 0 Å². The zero-order valence-corrected chi connectivity index (χ0v) is 11.2. The summed E-state index contributed by atoms with van der Waals surface area (Å²) in [5.74, 6) is -1.54. The van der Waals surface area contributed by atoms with E-state index < -0.39 is 17.7 Å². The van der Waals surface area contributed by atoms with Gasteiger partial charge in [0.05, 0.1) is 0 Å². The fourth-order valence-electron chi connectivity index (χ4n) is 2.89. The number of halogens is 2. The molecule has 0 bridgehead atoms. The fourth-order valence-corrected chi connectivity index (χ4v) is 3.89. The lowest BCUT2D eigenvalue weighted by Crippen LogP contribution is -2.24. The van der Waals surface area contributed by atoms with E-state index in [4.69, 9.17) is 5.73 Å². The molecule has 19 heavy (non-hydrogen) atoms. The second-order valence-electron chi connectivity index (χ2n) is 4.97. The summed E-state index contributed by atoms with van der Waals surface area (Å²) in [6.45, 7) is 0. The highest BCUT2D eigenvalue weighted by Gasteiger charge is 2.29. The van der Waals surface area contributed by atoms with Gasteiger partial charge in [-0.15, -0.1) is 11.3 Å². The van der Waals surface area contributed by atoms with Crippen molar-refractivity contribution in [2.45, 2.75) is 31.2 Å². The third-order valence-corrected chi connectivity index (χ3v) is 4.87. The van der Waals surface area contributed by atoms with Crippen molar-refractivity contribution in [1.29, 1.82) is 0 Å². The first-order valence-electron chi connectivity index (χ1n) is 6.44. The molecule has 100 valence electrons. The Hall–Kier alpha value is -1.26. The summed E-state index contributed by atoms with van der Waals surface area (Å²) < 4.78 is 27.2. The molecule has 1 aromatic heterocycles. The van der Waals surface area contributed by atoms with Gasteiger partial charge in [0.1, 0.15) is 0 Å². The van der Waals surface area contributed by atoms with E-state index in [1.54, 1.807) is 17.4 Å². The number of nitrogens with two attached hydrogens (primary N) is 1. The second-order valence-corrected chi connectivity index (χ2v) is 5.97. The van der Waals surface area contributed by atoms with E-state index in [1.165, 1.54) is 16.5 Å². The summed E-state index contributed by atoms with van der Waals surface area (Å²) in [7, 11) is 0. The van der Waals surface area contributed by atoms with Gasteiger partial charge < -0.3 is 5.73 Å². The van der Waals surface area contributed by atoms with Crippen molar-refractivity contribution in [1.82, 2.24) is 0 Å². The third-order valence-electron chi connectivity index (χ3n) is 3.87. The Labute approximate surface area is 115 Å². The van der Waals surface area contributed by atoms with Crippen LogP contribution in [0.5, 0.6) is 0 Å². The zero-order chi connectivity index (χ0) is 13.4. The Balaban J connectivity index is 1.98. The van der Waals surface area contributed by atoms with Gasteiger partial charge in [-0.3, -0.25) is 0 Å². The second kappa shape index (κ2) is 5.02. The van der Waals surface area contributed by atoms with Crippen LogP contribution in [-0.2, 0) is 6.42 Å². The Morgan fingerprint density at radius 1 is 1.26 bits per heavy atom. The molecule has 2 N–H and O–H groups in total. The van der Waals surface area contributed by atoms with Gasteiger partial charge in [0.25, 0.3) is 0 Å². The topological polar surface area (TPSA) is 26.0 Å². The normalized spacial score (nSPS) is 20.1. The number of rotatable bonds is 2. The lowest BCUT2D eigenvalue weighted by atomic mass is 9.80. The average Bonchev–Trinajstić information content (AvgIpc) is 2.89. The molecule has 0 aliphatic heterocycles. The van der Waals surface area contributed by atoms with Crippen LogP contribution >= 0.6 is 11.3 Å². The fraction of sp³-hybridized carbons (Fsp3) is 0.333. The number of hydrogen-bond donors (Lipinski definition) is 1. The van der Waals surface area contributed by atoms with Crippen LogP contribution in [0.15, 0.2) is 29.6 Å². The van der Waals surface area contributed by atoms with Gasteiger partial charge in [-0.25, -0.2) is 8.78 Å². The molecule has 2 aromatic rings. The van der Waals surface area contributed by atoms with Crippen LogP contribution in [0.1, 0.15) is 40.8 Å². The highest BCUT2D eigenvalue weighted by Crippen LogP contribution is 2.41. The van der Waals surface area contributed by atoms with Crippen LogP contribution in [0.2, 0.25) is 0 Å². The number of fused-ring (bicyclic) bond motifs is 1. The molecule has 1 aliphatic rings. The van der Waals surface area contributed by atoms with Crippen molar-refractivity contribution in [3.05, 3.63) is 57.3 Å². The molecule has 2 unspecified atom stereocenters. The summed E-state index contributed by atoms with van der Waals surface area (Å²) >= 11 is 1.73. The minimum Gasteiger partial charge on any atom is -0.323 e. The van der Waals surface area contributed by atoms with Gasteiger partial charge in [-0.1, -0.05) is 12.1 Å². The van der Waals surface area contributed by atoms with Gasteiger partial charge in [-0.05, 0) is 42.3 Å². The number of thiophene rings is 1. The van der Waals surface area contributed by atoms with Crippen molar-refractivity contribution in [2.24, 2.45) is 5.73 Å². The van der Waals surface area contributed by atoms with Crippen molar-refractivity contribution in [3.8, 4) is 0 Å². The first-order chi connectivity index (χ1) is 9.18. The smallest absolute Gasteiger partial charge is 0.163 e. The zero-order valence-electron chi connectivity index (χ0n) is 10.4. The summed E-state index contributed by atoms with van der Waals surface area (Å²) in [5.41, 5.74) is 7.71. The molecule has 0 saturated heterocycles. The monoisotopic (exact) mass is 279 g/mol. The molecule has 0 amide bonds. The Bertz CT molecular complexity index is 594. The molecule has 1 heterocycles. The maximum atomic E-state index is 13.9. The van der Waals surface area contributed by atoms with Crippen LogP contribution in [0.3, 0.4) is 0 Å². The lowest BCUT2D eigenvalue weighted by Gasteiger charge is -2.28. The molecule has 3 rings (SSSR count). The van der Waals surface area contributed by atoms with E-state index in [0.29, 0.717) is 0 Å². The summed E-state index contributed by atoms with van der Waals surface area (Å²) in [5, 5.41) is 2.05. The van der Waals surface area contributed by atoms with E-state index >= 15 is 0 Å². The maximum absolute atomic E-state index is 13.9. The predicted molar refractivity (Wildman–Crippen MR) is 73.3 cm³/mol. The van der Waals surface area contributed by atoms with E-state index in [1.807, 2.05) is 0 Å². The van der Waals surface area contributed by atoms with E-state index in [-0.39, 0.29) is 11.5 Å². The van der Waals surface area contributed by atoms with Gasteiger partial charge in [0.15, 0.2) is 11.6 Å². The third kappa shape index (κ3) is 2.19. The Morgan fingerprint density at radius 2 is 2.11 bits per heavy atom. The van der Waals surface area contributed by atoms with Crippen LogP contribution in [0.4, 0.5) is 8.78 Å². The minimum atomic E-state index is -0.825. The molecule has 0 fully saturated rings. The lowest BCUT2D eigenvalue weighted by molar-refractivity contribution is 0.442. The summed E-state index contributed by atoms with van der Waals surface area (Å²) in [6.07, 6.45) is 3.06. The molecule has 1 aliphatic carbocycles. The standard InChI is InChI=1S/C15H15F2NS/c16-12-5-1-4-11(14(12)17)15(18)10-3-2-6-13-9(10)7-8-19-13/h1,4-5,7-8,10,15H,2-3,6,18H2. The Morgan fingerprint density at radius 3 is 2.95 bits per heavy atom. The predicted octanol–water partition coefficient (Wildman–Crippen LogP) is 4.15. The Kier molecular flexibility index (Phi) is 3.37. The number of hydrogen-bond acceptors (Lipinski definition) is 2. The highest BCUT2D eigenvalue weighted by molar-refractivity contribution is 7.10. The SMILES string of the molecule is NC(c1cccc(F)c1F)C1CCCc2sccc21. The van der Waals surface area contributed by atoms with Crippen LogP contribution in [0.25, 0.3) is 0 Å². The quantitative estimate of drug-likeness (QED) is 0.878. The molecule has 0 saturated carbocycles. The molecule has 1 nitrogen and oxygen atoms in total. The van der Waals surface area contributed by atoms with E-state index in [9.17, 15) is 8.78 Å². The van der Waals surface area contributed by atoms with Crippen molar-refractivity contribution < 1.29 is 8.78 Å². The first-order valence-corrected chi connectivity index (χ1v) is 7.32. The minimum absolute atomic E-state index is 0.0892. The van der Waals surface area contributed by atoms with Crippen LogP contribution in [-0.4, -0.2) is 0 Å². The van der Waals surface area contributed by atoms with Crippen molar-refractivity contribution in [3.63, 3.8) is 0 Å². The van der Waals surface area contributed by atoms with E-state index in [2.05, 4.69) is 11.4 Å². The van der Waals surface area contributed by atoms with Gasteiger partial charge in [-0.2, -0.15) is 0 Å². The number of benzene rings is 1. The molecule has 0 spiro atoms. The first kappa shape index (κ1) is 12.8. The van der Waals surface area contributed by atoms with Crippen LogP contribution in [0, 0.1) is 11.6 Å². The van der Waals surface area contributed by atoms with E-state index in [0.717, 1.165) is 25.3 Å².